The third-order valence-corrected chi connectivity index (χ3v) is 3.44. The lowest BCUT2D eigenvalue weighted by Crippen LogP contribution is -2.34. The number of nitrogen functional groups attached to an aromatic ring is 1. The average molecular weight is 294 g/mol. The number of nitrogens with two attached hydrogens (primary N) is 1. The highest BCUT2D eigenvalue weighted by Gasteiger charge is 2.14. The molecule has 0 heterocycles. The van der Waals surface area contributed by atoms with Crippen molar-refractivity contribution in [2.24, 2.45) is 0 Å². The Morgan fingerprint density at radius 1 is 1.32 bits per heavy atom. The van der Waals surface area contributed by atoms with Crippen molar-refractivity contribution >= 4 is 17.3 Å². The molecule has 0 radical (unpaired) electrons. The molecule has 0 amide bonds. The number of hydrogen-bond donors (Lipinski definition) is 2. The van der Waals surface area contributed by atoms with Gasteiger partial charge in [-0.3, -0.25) is 0 Å². The number of rotatable bonds is 5. The monoisotopic (exact) mass is 294 g/mol. The quantitative estimate of drug-likeness (QED) is 0.816. The first-order valence-electron chi connectivity index (χ1n) is 6.91. The molecule has 0 aliphatic rings. The molecule has 2 aromatic rings. The Balaban J connectivity index is 2.30. The Morgan fingerprint density at radius 2 is 2.00 bits per heavy atom. The fraction of sp³-hybridized carbons (Fsp3) is 0.176. The van der Waals surface area contributed by atoms with Crippen molar-refractivity contribution < 1.29 is 9.90 Å². The molecule has 1 atom stereocenters. The predicted octanol–water partition coefficient (Wildman–Crippen LogP) is 1.61. The zero-order chi connectivity index (χ0) is 16.1. The van der Waals surface area contributed by atoms with E-state index in [1.165, 1.54) is 0 Å². The van der Waals surface area contributed by atoms with Gasteiger partial charge in [0.2, 0.25) is 0 Å². The standard InChI is InChI=1S/C17H17N3O2/c1-2-12-9-13(5-8-15(12)19)16(17(21)22)20-14-6-3-11(10-18)4-7-14/h3-9,16,20H,2,19H2,1H3,(H,21,22)/p-1. The van der Waals surface area contributed by atoms with Crippen LogP contribution in [0.15, 0.2) is 42.5 Å². The molecule has 0 fully saturated rings. The minimum Gasteiger partial charge on any atom is -0.548 e. The molecule has 0 bridgehead atoms. The minimum absolute atomic E-state index is 0.510. The lowest BCUT2D eigenvalue weighted by molar-refractivity contribution is -0.307. The molecule has 5 heteroatoms. The van der Waals surface area contributed by atoms with Gasteiger partial charge in [0.15, 0.2) is 0 Å². The lowest BCUT2D eigenvalue weighted by Gasteiger charge is -2.22. The second-order valence-corrected chi connectivity index (χ2v) is 4.90. The third kappa shape index (κ3) is 3.36. The number of carboxylic acids is 1. The molecule has 0 saturated carbocycles. The van der Waals surface area contributed by atoms with Gasteiger partial charge in [-0.15, -0.1) is 0 Å². The fourth-order valence-corrected chi connectivity index (χ4v) is 2.20. The summed E-state index contributed by atoms with van der Waals surface area (Å²) in [6.45, 7) is 1.96. The number of aryl methyl sites for hydroxylation is 1. The number of nitrogens with zero attached hydrogens (tertiary/aromatic N) is 1. The molecule has 0 saturated heterocycles. The fourth-order valence-electron chi connectivity index (χ4n) is 2.20. The Bertz CT molecular complexity index is 718. The van der Waals surface area contributed by atoms with E-state index in [9.17, 15) is 9.90 Å². The second kappa shape index (κ2) is 6.64. The van der Waals surface area contributed by atoms with E-state index in [2.05, 4.69) is 5.32 Å². The number of anilines is 2. The zero-order valence-electron chi connectivity index (χ0n) is 12.2. The van der Waals surface area contributed by atoms with Crippen LogP contribution < -0.4 is 16.2 Å². The summed E-state index contributed by atoms with van der Waals surface area (Å²) in [5, 5.41) is 23.1. The summed E-state index contributed by atoms with van der Waals surface area (Å²) in [6.07, 6.45) is 0.719. The SMILES string of the molecule is CCc1cc(C(Nc2ccc(C#N)cc2)C(=O)[O-])ccc1N. The van der Waals surface area contributed by atoms with Crippen LogP contribution in [0.2, 0.25) is 0 Å². The lowest BCUT2D eigenvalue weighted by atomic mass is 10.0. The summed E-state index contributed by atoms with van der Waals surface area (Å²) in [5.74, 6) is -1.23. The average Bonchev–Trinajstić information content (AvgIpc) is 2.53. The molecule has 22 heavy (non-hydrogen) atoms. The number of carbonyl (C=O) groups is 1. The molecule has 0 spiro atoms. The highest BCUT2D eigenvalue weighted by molar-refractivity contribution is 5.78. The van der Waals surface area contributed by atoms with Crippen LogP contribution in [-0.4, -0.2) is 5.97 Å². The number of carbonyl (C=O) groups excluding carboxylic acids is 1. The van der Waals surface area contributed by atoms with Crippen LogP contribution >= 0.6 is 0 Å². The first kappa shape index (κ1) is 15.4. The first-order valence-corrected chi connectivity index (χ1v) is 6.91. The van der Waals surface area contributed by atoms with Gasteiger partial charge in [0.1, 0.15) is 0 Å². The van der Waals surface area contributed by atoms with Crippen LogP contribution in [0.5, 0.6) is 0 Å². The summed E-state index contributed by atoms with van der Waals surface area (Å²) < 4.78 is 0. The molecule has 1 unspecified atom stereocenters. The molecule has 0 aliphatic heterocycles. The van der Waals surface area contributed by atoms with E-state index < -0.39 is 12.0 Å². The normalized spacial score (nSPS) is 11.5. The van der Waals surface area contributed by atoms with Crippen molar-refractivity contribution in [1.29, 1.82) is 5.26 Å². The van der Waals surface area contributed by atoms with Crippen molar-refractivity contribution in [2.75, 3.05) is 11.1 Å². The number of nitrogens with one attached hydrogen (secondary N) is 1. The molecular formula is C17H16N3O2-. The summed E-state index contributed by atoms with van der Waals surface area (Å²) >= 11 is 0. The number of carboxylic acid groups (broad SMARTS) is 1. The van der Waals surface area contributed by atoms with Gasteiger partial charge in [0.25, 0.3) is 0 Å². The van der Waals surface area contributed by atoms with Gasteiger partial charge in [-0.2, -0.15) is 5.26 Å². The molecule has 5 nitrogen and oxygen atoms in total. The van der Waals surface area contributed by atoms with Gasteiger partial charge in [-0.1, -0.05) is 19.1 Å². The molecule has 2 rings (SSSR count). The summed E-state index contributed by atoms with van der Waals surface area (Å²) in [7, 11) is 0. The Morgan fingerprint density at radius 3 is 2.55 bits per heavy atom. The number of hydrogen-bond acceptors (Lipinski definition) is 5. The molecular weight excluding hydrogens is 278 g/mol. The molecule has 0 aromatic heterocycles. The van der Waals surface area contributed by atoms with E-state index in [4.69, 9.17) is 11.0 Å². The molecule has 0 aliphatic carbocycles. The van der Waals surface area contributed by atoms with Crippen LogP contribution in [0.25, 0.3) is 0 Å². The van der Waals surface area contributed by atoms with Gasteiger partial charge in [0.05, 0.1) is 23.6 Å². The molecule has 112 valence electrons. The van der Waals surface area contributed by atoms with Gasteiger partial charge in [-0.05, 0) is 47.9 Å². The molecule has 3 N–H and O–H groups in total. The van der Waals surface area contributed by atoms with Crippen LogP contribution in [0, 0.1) is 11.3 Å². The smallest absolute Gasteiger partial charge is 0.0991 e. The van der Waals surface area contributed by atoms with E-state index in [-0.39, 0.29) is 0 Å². The van der Waals surface area contributed by atoms with Gasteiger partial charge < -0.3 is 21.0 Å². The zero-order valence-corrected chi connectivity index (χ0v) is 12.2. The van der Waals surface area contributed by atoms with Gasteiger partial charge in [0, 0.05) is 11.4 Å². The summed E-state index contributed by atoms with van der Waals surface area (Å²) in [6, 6.07) is 12.7. The minimum atomic E-state index is -1.23. The van der Waals surface area contributed by atoms with Crippen molar-refractivity contribution in [1.82, 2.24) is 0 Å². The maximum Gasteiger partial charge on any atom is 0.0991 e. The van der Waals surface area contributed by atoms with E-state index in [1.54, 1.807) is 42.5 Å². The van der Waals surface area contributed by atoms with Crippen molar-refractivity contribution in [2.45, 2.75) is 19.4 Å². The van der Waals surface area contributed by atoms with Gasteiger partial charge >= 0.3 is 0 Å². The molecule has 2 aromatic carbocycles. The summed E-state index contributed by atoms with van der Waals surface area (Å²) in [5.41, 5.74) is 9.07. The maximum atomic E-state index is 11.5. The topological polar surface area (TPSA) is 102 Å². The summed E-state index contributed by atoms with van der Waals surface area (Å²) in [4.78, 5) is 11.5. The van der Waals surface area contributed by atoms with Crippen molar-refractivity contribution in [3.05, 3.63) is 59.2 Å². The maximum absolute atomic E-state index is 11.5. The van der Waals surface area contributed by atoms with Crippen LogP contribution in [0.3, 0.4) is 0 Å². The van der Waals surface area contributed by atoms with E-state index in [1.807, 2.05) is 13.0 Å². The highest BCUT2D eigenvalue weighted by atomic mass is 16.4. The van der Waals surface area contributed by atoms with Crippen LogP contribution in [0.1, 0.15) is 29.7 Å². The number of nitriles is 1. The third-order valence-electron chi connectivity index (χ3n) is 3.44. The number of aliphatic carboxylic acids is 1. The Labute approximate surface area is 129 Å². The van der Waals surface area contributed by atoms with Crippen molar-refractivity contribution in [3.63, 3.8) is 0 Å². The predicted molar refractivity (Wildman–Crippen MR) is 82.8 cm³/mol. The van der Waals surface area contributed by atoms with Crippen molar-refractivity contribution in [3.8, 4) is 6.07 Å². The largest absolute Gasteiger partial charge is 0.548 e. The Kier molecular flexibility index (Phi) is 4.64. The first-order chi connectivity index (χ1) is 10.5. The van der Waals surface area contributed by atoms with Crippen LogP contribution in [0.4, 0.5) is 11.4 Å². The van der Waals surface area contributed by atoms with Crippen LogP contribution in [-0.2, 0) is 11.2 Å². The van der Waals surface area contributed by atoms with E-state index in [0.717, 1.165) is 12.0 Å². The van der Waals surface area contributed by atoms with Gasteiger partial charge in [-0.25, -0.2) is 0 Å². The second-order valence-electron chi connectivity index (χ2n) is 4.90. The highest BCUT2D eigenvalue weighted by Crippen LogP contribution is 2.23. The Hall–Kier alpha value is -3.00. The van der Waals surface area contributed by atoms with E-state index in [0.29, 0.717) is 22.5 Å². The van der Waals surface area contributed by atoms with E-state index >= 15 is 0 Å². The number of benzene rings is 2.